The summed E-state index contributed by atoms with van der Waals surface area (Å²) < 4.78 is 14.6. The molecule has 2 fully saturated rings. The topological polar surface area (TPSA) is 57.5 Å². The van der Waals surface area contributed by atoms with Gasteiger partial charge in [0.15, 0.2) is 0 Å². The number of allylic oxidation sites excluding steroid dienone is 3. The minimum atomic E-state index is -0.916. The van der Waals surface area contributed by atoms with Gasteiger partial charge in [-0.2, -0.15) is 0 Å². The van der Waals surface area contributed by atoms with Crippen LogP contribution in [0.2, 0.25) is 0 Å². The van der Waals surface area contributed by atoms with Crippen molar-refractivity contribution >= 4 is 5.97 Å². The van der Waals surface area contributed by atoms with Crippen molar-refractivity contribution < 1.29 is 19.4 Å². The number of halogens is 1. The normalized spacial score (nSPS) is 27.8. The first-order valence-corrected chi connectivity index (χ1v) is 10.5. The fourth-order valence-corrected chi connectivity index (χ4v) is 4.56. The Labute approximate surface area is 157 Å². The summed E-state index contributed by atoms with van der Waals surface area (Å²) in [4.78, 5) is 10.6. The molecule has 0 aliphatic heterocycles. The van der Waals surface area contributed by atoms with Crippen LogP contribution in [0.5, 0.6) is 0 Å². The molecule has 2 aliphatic rings. The lowest BCUT2D eigenvalue weighted by Gasteiger charge is -2.32. The summed E-state index contributed by atoms with van der Waals surface area (Å²) in [5, 5.41) is 19.0. The molecule has 0 bridgehead atoms. The number of carboxylic acid groups (broad SMARTS) is 1. The van der Waals surface area contributed by atoms with Gasteiger partial charge >= 0.3 is 5.97 Å². The van der Waals surface area contributed by atoms with Crippen LogP contribution in [-0.4, -0.2) is 28.5 Å². The predicted octanol–water partition coefficient (Wildman–Crippen LogP) is 5.44. The van der Waals surface area contributed by atoms with Crippen molar-refractivity contribution in [3.8, 4) is 0 Å². The smallest absolute Gasteiger partial charge is 0.303 e. The van der Waals surface area contributed by atoms with E-state index < -0.39 is 12.1 Å². The van der Waals surface area contributed by atoms with E-state index in [1.807, 2.05) is 18.2 Å². The number of aliphatic hydroxyl groups excluding tert-OH is 1. The number of carboxylic acids is 1. The SMILES string of the molecule is O=C(O)CCC[C@@H](F)[C@H]1CCCC[C@H]1/C=C/C=C/[C@@H](O)C1CCCCC1. The van der Waals surface area contributed by atoms with Crippen molar-refractivity contribution in [1.29, 1.82) is 0 Å². The van der Waals surface area contributed by atoms with Crippen LogP contribution in [0.25, 0.3) is 0 Å². The van der Waals surface area contributed by atoms with Gasteiger partial charge in [-0.15, -0.1) is 0 Å². The Balaban J connectivity index is 1.81. The standard InChI is InChI=1S/C22H35FO3/c23-20(14-8-16-22(25)26)19-13-6-4-9-17(19)10-5-7-15-21(24)18-11-2-1-3-12-18/h5,7,10,15,17-21,24H,1-4,6,8-9,11-14,16H2,(H,25,26)/b10-5+,15-7+/t17-,19-,20+,21+/m0/s1. The van der Waals surface area contributed by atoms with E-state index in [1.54, 1.807) is 0 Å². The Morgan fingerprint density at radius 2 is 1.73 bits per heavy atom. The lowest BCUT2D eigenvalue weighted by molar-refractivity contribution is -0.137. The van der Waals surface area contributed by atoms with Crippen LogP contribution in [0.1, 0.15) is 77.0 Å². The highest BCUT2D eigenvalue weighted by atomic mass is 19.1. The molecule has 0 aromatic carbocycles. The molecule has 2 saturated carbocycles. The fourth-order valence-electron chi connectivity index (χ4n) is 4.56. The average molecular weight is 367 g/mol. The monoisotopic (exact) mass is 366 g/mol. The lowest BCUT2D eigenvalue weighted by Crippen LogP contribution is -2.27. The molecular weight excluding hydrogens is 331 g/mol. The van der Waals surface area contributed by atoms with Crippen molar-refractivity contribution in [3.63, 3.8) is 0 Å². The Kier molecular flexibility index (Phi) is 9.38. The van der Waals surface area contributed by atoms with Crippen LogP contribution in [-0.2, 0) is 4.79 Å². The highest BCUT2D eigenvalue weighted by Gasteiger charge is 2.30. The lowest BCUT2D eigenvalue weighted by atomic mass is 9.75. The van der Waals surface area contributed by atoms with E-state index in [4.69, 9.17) is 5.11 Å². The molecule has 2 rings (SSSR count). The molecule has 0 amide bonds. The second-order valence-electron chi connectivity index (χ2n) is 8.07. The zero-order chi connectivity index (χ0) is 18.8. The largest absolute Gasteiger partial charge is 0.481 e. The van der Waals surface area contributed by atoms with Crippen LogP contribution in [0.4, 0.5) is 4.39 Å². The van der Waals surface area contributed by atoms with Gasteiger partial charge in [-0.25, -0.2) is 4.39 Å². The first-order valence-electron chi connectivity index (χ1n) is 10.5. The summed E-state index contributed by atoms with van der Waals surface area (Å²) in [7, 11) is 0. The number of rotatable bonds is 9. The molecule has 26 heavy (non-hydrogen) atoms. The maximum absolute atomic E-state index is 14.6. The van der Waals surface area contributed by atoms with Crippen molar-refractivity contribution in [2.45, 2.75) is 89.3 Å². The molecule has 2 aliphatic carbocycles. The number of carbonyl (C=O) groups is 1. The highest BCUT2D eigenvalue weighted by Crippen LogP contribution is 2.36. The Bertz CT molecular complexity index is 468. The number of hydrogen-bond donors (Lipinski definition) is 2. The summed E-state index contributed by atoms with van der Waals surface area (Å²) in [6.45, 7) is 0. The van der Waals surface area contributed by atoms with E-state index in [2.05, 4.69) is 6.08 Å². The van der Waals surface area contributed by atoms with Gasteiger partial charge in [0.05, 0.1) is 6.10 Å². The molecule has 148 valence electrons. The molecule has 4 heteroatoms. The maximum Gasteiger partial charge on any atom is 0.303 e. The van der Waals surface area contributed by atoms with E-state index in [1.165, 1.54) is 19.3 Å². The molecule has 0 aromatic rings. The molecule has 0 spiro atoms. The van der Waals surface area contributed by atoms with Gasteiger partial charge in [0, 0.05) is 6.42 Å². The third kappa shape index (κ3) is 7.22. The minimum Gasteiger partial charge on any atom is -0.481 e. The van der Waals surface area contributed by atoms with E-state index in [-0.39, 0.29) is 24.4 Å². The summed E-state index contributed by atoms with van der Waals surface area (Å²) in [6, 6.07) is 0. The van der Waals surface area contributed by atoms with Gasteiger partial charge in [0.2, 0.25) is 0 Å². The number of alkyl halides is 1. The predicted molar refractivity (Wildman–Crippen MR) is 103 cm³/mol. The molecule has 0 aromatic heterocycles. The van der Waals surface area contributed by atoms with E-state index in [0.717, 1.165) is 38.5 Å². The zero-order valence-electron chi connectivity index (χ0n) is 15.9. The van der Waals surface area contributed by atoms with Crippen LogP contribution in [0.15, 0.2) is 24.3 Å². The third-order valence-electron chi connectivity index (χ3n) is 6.12. The minimum absolute atomic E-state index is 0.00506. The molecule has 3 nitrogen and oxygen atoms in total. The molecule has 0 radical (unpaired) electrons. The van der Waals surface area contributed by atoms with E-state index in [9.17, 15) is 14.3 Å². The summed E-state index contributed by atoms with van der Waals surface area (Å²) >= 11 is 0. The first kappa shape index (κ1) is 21.1. The molecule has 4 atom stereocenters. The quantitative estimate of drug-likeness (QED) is 0.534. The number of aliphatic hydroxyl groups is 1. The van der Waals surface area contributed by atoms with Crippen LogP contribution >= 0.6 is 0 Å². The molecule has 2 N–H and O–H groups in total. The van der Waals surface area contributed by atoms with Gasteiger partial charge in [-0.3, -0.25) is 4.79 Å². The highest BCUT2D eigenvalue weighted by molar-refractivity contribution is 5.66. The fraction of sp³-hybridized carbons (Fsp3) is 0.773. The molecule has 0 heterocycles. The van der Waals surface area contributed by atoms with E-state index in [0.29, 0.717) is 18.8 Å². The molecule has 0 saturated heterocycles. The van der Waals surface area contributed by atoms with Gasteiger partial charge in [-0.1, -0.05) is 56.4 Å². The summed E-state index contributed by atoms with van der Waals surface area (Å²) in [6.07, 6.45) is 17.4. The van der Waals surface area contributed by atoms with Crippen molar-refractivity contribution in [2.24, 2.45) is 17.8 Å². The summed E-state index contributed by atoms with van der Waals surface area (Å²) in [5.41, 5.74) is 0. The summed E-state index contributed by atoms with van der Waals surface area (Å²) in [5.74, 6) is -0.232. The van der Waals surface area contributed by atoms with E-state index >= 15 is 0 Å². The number of aliphatic carboxylic acids is 1. The second kappa shape index (κ2) is 11.5. The average Bonchev–Trinajstić information content (AvgIpc) is 2.65. The van der Waals surface area contributed by atoms with Crippen LogP contribution in [0, 0.1) is 17.8 Å². The second-order valence-corrected chi connectivity index (χ2v) is 8.07. The van der Waals surface area contributed by atoms with Gasteiger partial charge in [0.1, 0.15) is 6.17 Å². The van der Waals surface area contributed by atoms with Crippen LogP contribution < -0.4 is 0 Å². The number of hydrogen-bond acceptors (Lipinski definition) is 2. The van der Waals surface area contributed by atoms with Crippen molar-refractivity contribution in [3.05, 3.63) is 24.3 Å². The Hall–Kier alpha value is -1.16. The van der Waals surface area contributed by atoms with Crippen molar-refractivity contribution in [1.82, 2.24) is 0 Å². The van der Waals surface area contributed by atoms with Gasteiger partial charge in [0.25, 0.3) is 0 Å². The molecule has 0 unspecified atom stereocenters. The maximum atomic E-state index is 14.6. The third-order valence-corrected chi connectivity index (χ3v) is 6.12. The van der Waals surface area contributed by atoms with Gasteiger partial charge in [-0.05, 0) is 56.3 Å². The Morgan fingerprint density at radius 3 is 2.46 bits per heavy atom. The zero-order valence-corrected chi connectivity index (χ0v) is 15.9. The Morgan fingerprint density at radius 1 is 1.04 bits per heavy atom. The molecular formula is C22H35FO3. The van der Waals surface area contributed by atoms with Crippen molar-refractivity contribution in [2.75, 3.05) is 0 Å². The van der Waals surface area contributed by atoms with Gasteiger partial charge < -0.3 is 10.2 Å². The first-order chi connectivity index (χ1) is 12.6. The van der Waals surface area contributed by atoms with Crippen LogP contribution in [0.3, 0.4) is 0 Å².